The summed E-state index contributed by atoms with van der Waals surface area (Å²) in [5.41, 5.74) is 2.02. The first-order valence-corrected chi connectivity index (χ1v) is 5.56. The number of rotatable bonds is 2. The fraction of sp³-hybridized carbons (Fsp3) is 0.273. The standard InChI is InChI=1S/C11H11NO2S/c1-3-14-11(13)10-12-8-5-4-7(2)6-9(8)15-10/h4-6H,3H2,1-2H3. The van der Waals surface area contributed by atoms with Gasteiger partial charge in [0, 0.05) is 0 Å². The number of hydrogen-bond donors (Lipinski definition) is 0. The van der Waals surface area contributed by atoms with Crippen LogP contribution < -0.4 is 0 Å². The molecule has 0 aliphatic rings. The molecule has 0 radical (unpaired) electrons. The normalized spacial score (nSPS) is 10.5. The van der Waals surface area contributed by atoms with Crippen molar-refractivity contribution in [1.82, 2.24) is 4.98 Å². The Morgan fingerprint density at radius 2 is 2.33 bits per heavy atom. The molecule has 0 atom stereocenters. The summed E-state index contributed by atoms with van der Waals surface area (Å²) >= 11 is 1.37. The van der Waals surface area contributed by atoms with Gasteiger partial charge in [0.15, 0.2) is 0 Å². The van der Waals surface area contributed by atoms with Crippen LogP contribution in [-0.4, -0.2) is 17.6 Å². The van der Waals surface area contributed by atoms with E-state index in [1.807, 2.05) is 25.1 Å². The van der Waals surface area contributed by atoms with Gasteiger partial charge < -0.3 is 4.74 Å². The third kappa shape index (κ3) is 1.99. The topological polar surface area (TPSA) is 39.2 Å². The number of hydrogen-bond acceptors (Lipinski definition) is 4. The molecule has 0 fully saturated rings. The lowest BCUT2D eigenvalue weighted by atomic mass is 10.2. The van der Waals surface area contributed by atoms with Gasteiger partial charge >= 0.3 is 5.97 Å². The maximum Gasteiger partial charge on any atom is 0.367 e. The van der Waals surface area contributed by atoms with Gasteiger partial charge in [0.1, 0.15) is 0 Å². The summed E-state index contributed by atoms with van der Waals surface area (Å²) < 4.78 is 5.92. The van der Waals surface area contributed by atoms with Gasteiger partial charge in [0.05, 0.1) is 16.8 Å². The van der Waals surface area contributed by atoms with E-state index in [1.54, 1.807) is 6.92 Å². The molecule has 0 N–H and O–H groups in total. The summed E-state index contributed by atoms with van der Waals surface area (Å²) in [4.78, 5) is 15.6. The Morgan fingerprint density at radius 3 is 3.07 bits per heavy atom. The largest absolute Gasteiger partial charge is 0.461 e. The minimum absolute atomic E-state index is 0.337. The first-order valence-electron chi connectivity index (χ1n) is 4.75. The molecule has 15 heavy (non-hydrogen) atoms. The second-order valence-electron chi connectivity index (χ2n) is 3.21. The highest BCUT2D eigenvalue weighted by atomic mass is 32.1. The molecule has 78 valence electrons. The van der Waals surface area contributed by atoms with Crippen LogP contribution in [-0.2, 0) is 4.74 Å². The highest BCUT2D eigenvalue weighted by Gasteiger charge is 2.12. The zero-order chi connectivity index (χ0) is 10.8. The molecule has 0 bridgehead atoms. The summed E-state index contributed by atoms with van der Waals surface area (Å²) in [6.45, 7) is 4.19. The number of aryl methyl sites for hydroxylation is 1. The Balaban J connectivity index is 2.42. The average molecular weight is 221 g/mol. The summed E-state index contributed by atoms with van der Waals surface area (Å²) in [6.07, 6.45) is 0. The molecule has 0 unspecified atom stereocenters. The second kappa shape index (κ2) is 3.98. The molecule has 0 aliphatic heterocycles. The monoisotopic (exact) mass is 221 g/mol. The number of benzene rings is 1. The van der Waals surface area contributed by atoms with Crippen molar-refractivity contribution in [3.05, 3.63) is 28.8 Å². The van der Waals surface area contributed by atoms with E-state index >= 15 is 0 Å². The quantitative estimate of drug-likeness (QED) is 0.732. The van der Waals surface area contributed by atoms with Gasteiger partial charge in [-0.05, 0) is 31.5 Å². The number of ether oxygens (including phenoxy) is 1. The molecular weight excluding hydrogens is 210 g/mol. The Kier molecular flexibility index (Phi) is 2.68. The van der Waals surface area contributed by atoms with Crippen LogP contribution in [0.2, 0.25) is 0 Å². The third-order valence-electron chi connectivity index (χ3n) is 1.99. The highest BCUT2D eigenvalue weighted by Crippen LogP contribution is 2.23. The summed E-state index contributed by atoms with van der Waals surface area (Å²) in [5.74, 6) is -0.337. The molecule has 0 aliphatic carbocycles. The SMILES string of the molecule is CCOC(=O)c1nc2ccc(C)cc2s1. The fourth-order valence-corrected chi connectivity index (χ4v) is 2.27. The van der Waals surface area contributed by atoms with Crippen LogP contribution in [0.1, 0.15) is 22.3 Å². The van der Waals surface area contributed by atoms with Crippen molar-refractivity contribution in [2.24, 2.45) is 0 Å². The van der Waals surface area contributed by atoms with Gasteiger partial charge in [0.2, 0.25) is 5.01 Å². The van der Waals surface area contributed by atoms with E-state index in [1.165, 1.54) is 16.9 Å². The van der Waals surface area contributed by atoms with Crippen molar-refractivity contribution in [2.45, 2.75) is 13.8 Å². The number of esters is 1. The minimum atomic E-state index is -0.337. The van der Waals surface area contributed by atoms with E-state index < -0.39 is 0 Å². The number of aromatic nitrogens is 1. The van der Waals surface area contributed by atoms with E-state index in [4.69, 9.17) is 4.74 Å². The molecular formula is C11H11NO2S. The van der Waals surface area contributed by atoms with Crippen LogP contribution in [0, 0.1) is 6.92 Å². The number of carbonyl (C=O) groups is 1. The Morgan fingerprint density at radius 1 is 1.53 bits per heavy atom. The molecule has 1 aromatic carbocycles. The van der Waals surface area contributed by atoms with Crippen LogP contribution >= 0.6 is 11.3 Å². The molecule has 1 heterocycles. The molecule has 0 saturated carbocycles. The smallest absolute Gasteiger partial charge is 0.367 e. The Bertz CT molecular complexity index is 504. The predicted molar refractivity (Wildman–Crippen MR) is 60.3 cm³/mol. The predicted octanol–water partition coefficient (Wildman–Crippen LogP) is 2.78. The highest BCUT2D eigenvalue weighted by molar-refractivity contribution is 7.20. The van der Waals surface area contributed by atoms with E-state index in [0.717, 1.165) is 10.2 Å². The number of carbonyl (C=O) groups excluding carboxylic acids is 1. The van der Waals surface area contributed by atoms with Crippen LogP contribution in [0.4, 0.5) is 0 Å². The number of fused-ring (bicyclic) bond motifs is 1. The molecule has 4 heteroatoms. The van der Waals surface area contributed by atoms with Crippen LogP contribution in [0.5, 0.6) is 0 Å². The molecule has 2 aromatic rings. The van der Waals surface area contributed by atoms with Crippen LogP contribution in [0.15, 0.2) is 18.2 Å². The average Bonchev–Trinajstić information content (AvgIpc) is 2.60. The van der Waals surface area contributed by atoms with Crippen molar-refractivity contribution < 1.29 is 9.53 Å². The van der Waals surface area contributed by atoms with Crippen molar-refractivity contribution in [3.8, 4) is 0 Å². The Labute approximate surface area is 91.7 Å². The lowest BCUT2D eigenvalue weighted by Crippen LogP contribution is -2.03. The van der Waals surface area contributed by atoms with E-state index in [0.29, 0.717) is 11.6 Å². The van der Waals surface area contributed by atoms with Crippen molar-refractivity contribution >= 4 is 27.5 Å². The third-order valence-corrected chi connectivity index (χ3v) is 2.99. The molecule has 0 amide bonds. The summed E-state index contributed by atoms with van der Waals surface area (Å²) in [5, 5.41) is 0.428. The van der Waals surface area contributed by atoms with Gasteiger partial charge in [-0.1, -0.05) is 6.07 Å². The van der Waals surface area contributed by atoms with Gasteiger partial charge in [0.25, 0.3) is 0 Å². The van der Waals surface area contributed by atoms with E-state index in [9.17, 15) is 4.79 Å². The van der Waals surface area contributed by atoms with Gasteiger partial charge in [-0.2, -0.15) is 0 Å². The number of nitrogens with zero attached hydrogens (tertiary/aromatic N) is 1. The lowest BCUT2D eigenvalue weighted by molar-refractivity contribution is 0.0526. The molecule has 0 spiro atoms. The van der Waals surface area contributed by atoms with Gasteiger partial charge in [-0.25, -0.2) is 9.78 Å². The van der Waals surface area contributed by atoms with Crippen LogP contribution in [0.3, 0.4) is 0 Å². The molecule has 1 aromatic heterocycles. The first-order chi connectivity index (χ1) is 7.20. The van der Waals surface area contributed by atoms with Gasteiger partial charge in [-0.15, -0.1) is 11.3 Å². The van der Waals surface area contributed by atoms with Gasteiger partial charge in [-0.3, -0.25) is 0 Å². The zero-order valence-corrected chi connectivity index (χ0v) is 9.43. The van der Waals surface area contributed by atoms with Crippen molar-refractivity contribution in [1.29, 1.82) is 0 Å². The maximum atomic E-state index is 11.4. The zero-order valence-electron chi connectivity index (χ0n) is 8.61. The van der Waals surface area contributed by atoms with Crippen molar-refractivity contribution in [3.63, 3.8) is 0 Å². The van der Waals surface area contributed by atoms with Crippen molar-refractivity contribution in [2.75, 3.05) is 6.61 Å². The molecule has 3 nitrogen and oxygen atoms in total. The maximum absolute atomic E-state index is 11.4. The first kappa shape index (κ1) is 10.1. The second-order valence-corrected chi connectivity index (χ2v) is 4.24. The lowest BCUT2D eigenvalue weighted by Gasteiger charge is -1.94. The van der Waals surface area contributed by atoms with E-state index in [-0.39, 0.29) is 5.97 Å². The fourth-order valence-electron chi connectivity index (χ4n) is 1.31. The summed E-state index contributed by atoms with van der Waals surface area (Å²) in [7, 11) is 0. The van der Waals surface area contributed by atoms with E-state index in [2.05, 4.69) is 4.98 Å². The molecule has 2 rings (SSSR count). The van der Waals surface area contributed by atoms with Crippen LogP contribution in [0.25, 0.3) is 10.2 Å². The minimum Gasteiger partial charge on any atom is -0.461 e. The molecule has 0 saturated heterocycles. The Hall–Kier alpha value is -1.42. The number of thiazole rings is 1. The summed E-state index contributed by atoms with van der Waals surface area (Å²) in [6, 6.07) is 5.93.